The van der Waals surface area contributed by atoms with E-state index in [1.54, 1.807) is 7.11 Å². The van der Waals surface area contributed by atoms with E-state index >= 15 is 0 Å². The number of nitrogens with one attached hydrogen (secondary N) is 2. The van der Waals surface area contributed by atoms with Gasteiger partial charge < -0.3 is 15.4 Å². The summed E-state index contributed by atoms with van der Waals surface area (Å²) in [4.78, 5) is 9.84. The van der Waals surface area contributed by atoms with Gasteiger partial charge in [0.2, 0.25) is 0 Å². The van der Waals surface area contributed by atoms with Crippen LogP contribution in [0, 0.1) is 0 Å². The Hall–Kier alpha value is -1.63. The van der Waals surface area contributed by atoms with Gasteiger partial charge in [0.15, 0.2) is 5.96 Å². The number of methoxy groups -OCH3 is 1. The molecule has 0 atom stereocenters. The van der Waals surface area contributed by atoms with E-state index in [1.807, 2.05) is 0 Å². The first-order valence-electron chi connectivity index (χ1n) is 11.3. The van der Waals surface area contributed by atoms with Crippen LogP contribution in [-0.2, 0) is 17.8 Å². The van der Waals surface area contributed by atoms with Gasteiger partial charge in [-0.2, -0.15) is 0 Å². The van der Waals surface area contributed by atoms with Gasteiger partial charge in [-0.25, -0.2) is 4.99 Å². The normalized spacial score (nSPS) is 17.8. The van der Waals surface area contributed by atoms with Gasteiger partial charge in [0.25, 0.3) is 0 Å². The molecule has 1 aromatic carbocycles. The van der Waals surface area contributed by atoms with Crippen LogP contribution in [0.15, 0.2) is 29.3 Å². The maximum atomic E-state index is 5.25. The van der Waals surface area contributed by atoms with E-state index in [0.717, 1.165) is 51.3 Å². The number of guanidine groups is 1. The highest BCUT2D eigenvalue weighted by atomic mass is 16.5. The Labute approximate surface area is 176 Å². The highest BCUT2D eigenvalue weighted by molar-refractivity contribution is 5.79. The van der Waals surface area contributed by atoms with Gasteiger partial charge in [0.05, 0.1) is 13.2 Å². The average Bonchev–Trinajstić information content (AvgIpc) is 3.46. The number of aliphatic imine (C=N–C) groups is 1. The summed E-state index contributed by atoms with van der Waals surface area (Å²) in [5.74, 6) is 0.899. The van der Waals surface area contributed by atoms with Crippen molar-refractivity contribution in [2.24, 2.45) is 4.99 Å². The predicted octanol–water partition coefficient (Wildman–Crippen LogP) is 2.45. The summed E-state index contributed by atoms with van der Waals surface area (Å²) < 4.78 is 5.25. The van der Waals surface area contributed by atoms with Crippen molar-refractivity contribution in [3.8, 4) is 0 Å². The van der Waals surface area contributed by atoms with Crippen molar-refractivity contribution >= 4 is 5.96 Å². The largest absolute Gasteiger partial charge is 0.383 e. The van der Waals surface area contributed by atoms with E-state index < -0.39 is 0 Å². The fourth-order valence-corrected chi connectivity index (χ4v) is 3.90. The molecule has 2 aliphatic rings. The van der Waals surface area contributed by atoms with Gasteiger partial charge in [-0.15, -0.1) is 0 Å². The molecule has 6 heteroatoms. The van der Waals surface area contributed by atoms with Crippen LogP contribution < -0.4 is 10.6 Å². The lowest BCUT2D eigenvalue weighted by molar-refractivity contribution is 0.144. The van der Waals surface area contributed by atoms with Crippen molar-refractivity contribution in [2.45, 2.75) is 51.7 Å². The number of hydrogen-bond donors (Lipinski definition) is 2. The molecule has 162 valence electrons. The molecule has 1 aliphatic heterocycles. The van der Waals surface area contributed by atoms with E-state index in [4.69, 9.17) is 9.73 Å². The zero-order chi connectivity index (χ0) is 20.3. The zero-order valence-electron chi connectivity index (χ0n) is 18.3. The fourth-order valence-electron chi connectivity index (χ4n) is 3.90. The van der Waals surface area contributed by atoms with Gasteiger partial charge >= 0.3 is 0 Å². The Morgan fingerprint density at radius 2 is 1.83 bits per heavy atom. The Morgan fingerprint density at radius 1 is 1.10 bits per heavy atom. The third-order valence-corrected chi connectivity index (χ3v) is 5.73. The first-order valence-corrected chi connectivity index (χ1v) is 11.3. The minimum Gasteiger partial charge on any atom is -0.383 e. The lowest BCUT2D eigenvalue weighted by atomic mass is 10.1. The van der Waals surface area contributed by atoms with Crippen LogP contribution >= 0.6 is 0 Å². The summed E-state index contributed by atoms with van der Waals surface area (Å²) in [6.45, 7) is 11.0. The standard InChI is InChI=1S/C23H39N5O/c1-3-24-23(25-12-15-28(16-17-29-2)22-10-11-22)26-18-20-6-8-21(9-7-20)19-27-13-4-5-14-27/h6-9,22H,3-5,10-19H2,1-2H3,(H2,24,25,26). The van der Waals surface area contributed by atoms with Gasteiger partial charge in [-0.1, -0.05) is 24.3 Å². The summed E-state index contributed by atoms with van der Waals surface area (Å²) in [5.41, 5.74) is 2.66. The molecule has 1 aliphatic carbocycles. The molecular weight excluding hydrogens is 362 g/mol. The van der Waals surface area contributed by atoms with Gasteiger partial charge in [-0.3, -0.25) is 9.80 Å². The Bertz CT molecular complexity index is 608. The maximum absolute atomic E-state index is 5.25. The van der Waals surface area contributed by atoms with E-state index in [9.17, 15) is 0 Å². The van der Waals surface area contributed by atoms with Crippen LogP contribution in [0.2, 0.25) is 0 Å². The Morgan fingerprint density at radius 3 is 2.48 bits per heavy atom. The third kappa shape index (κ3) is 7.96. The molecule has 3 rings (SSSR count). The second-order valence-corrected chi connectivity index (χ2v) is 8.18. The van der Waals surface area contributed by atoms with Crippen molar-refractivity contribution in [3.63, 3.8) is 0 Å². The minimum absolute atomic E-state index is 0.704. The molecular formula is C23H39N5O. The molecule has 0 amide bonds. The molecule has 6 nitrogen and oxygen atoms in total. The summed E-state index contributed by atoms with van der Waals surface area (Å²) in [6, 6.07) is 9.71. The Kier molecular flexibility index (Phi) is 9.25. The van der Waals surface area contributed by atoms with Crippen LogP contribution in [0.3, 0.4) is 0 Å². The van der Waals surface area contributed by atoms with Crippen LogP contribution in [-0.4, -0.2) is 74.8 Å². The second-order valence-electron chi connectivity index (χ2n) is 8.18. The number of benzene rings is 1. The van der Waals surface area contributed by atoms with Crippen molar-refractivity contribution in [1.29, 1.82) is 0 Å². The van der Waals surface area contributed by atoms with Crippen LogP contribution in [0.1, 0.15) is 43.7 Å². The first kappa shape index (κ1) is 22.1. The van der Waals surface area contributed by atoms with Crippen LogP contribution in [0.4, 0.5) is 0 Å². The van der Waals surface area contributed by atoms with Gasteiger partial charge in [0, 0.05) is 45.9 Å². The number of likely N-dealkylation sites (tertiary alicyclic amines) is 1. The molecule has 0 unspecified atom stereocenters. The number of nitrogens with zero attached hydrogens (tertiary/aromatic N) is 3. The smallest absolute Gasteiger partial charge is 0.191 e. The van der Waals surface area contributed by atoms with Crippen molar-refractivity contribution in [2.75, 3.05) is 53.0 Å². The molecule has 29 heavy (non-hydrogen) atoms. The van der Waals surface area contributed by atoms with Crippen molar-refractivity contribution in [1.82, 2.24) is 20.4 Å². The van der Waals surface area contributed by atoms with Crippen molar-refractivity contribution < 1.29 is 4.74 Å². The summed E-state index contributed by atoms with van der Waals surface area (Å²) in [6.07, 6.45) is 5.34. The first-order chi connectivity index (χ1) is 14.3. The van der Waals surface area contributed by atoms with E-state index in [2.05, 4.69) is 51.6 Å². The summed E-state index contributed by atoms with van der Waals surface area (Å²) >= 11 is 0. The van der Waals surface area contributed by atoms with Crippen LogP contribution in [0.5, 0.6) is 0 Å². The monoisotopic (exact) mass is 401 g/mol. The fraction of sp³-hybridized carbons (Fsp3) is 0.696. The molecule has 1 saturated carbocycles. The maximum Gasteiger partial charge on any atom is 0.191 e. The predicted molar refractivity (Wildman–Crippen MR) is 120 cm³/mol. The summed E-state index contributed by atoms with van der Waals surface area (Å²) in [5, 5.41) is 6.85. The zero-order valence-corrected chi connectivity index (χ0v) is 18.3. The molecule has 2 fully saturated rings. The van der Waals surface area contributed by atoms with Gasteiger partial charge in [-0.05, 0) is 56.8 Å². The highest BCUT2D eigenvalue weighted by Gasteiger charge is 2.28. The van der Waals surface area contributed by atoms with E-state index in [1.165, 1.54) is 49.9 Å². The molecule has 0 radical (unpaired) electrons. The quantitative estimate of drug-likeness (QED) is 0.416. The molecule has 1 saturated heterocycles. The van der Waals surface area contributed by atoms with E-state index in [-0.39, 0.29) is 0 Å². The second kappa shape index (κ2) is 12.2. The van der Waals surface area contributed by atoms with E-state index in [0.29, 0.717) is 6.54 Å². The Balaban J connectivity index is 1.44. The lowest BCUT2D eigenvalue weighted by Gasteiger charge is -2.22. The average molecular weight is 402 g/mol. The van der Waals surface area contributed by atoms with Crippen molar-refractivity contribution in [3.05, 3.63) is 35.4 Å². The number of rotatable bonds is 12. The lowest BCUT2D eigenvalue weighted by Crippen LogP contribution is -2.42. The molecule has 1 aromatic rings. The third-order valence-electron chi connectivity index (χ3n) is 5.73. The van der Waals surface area contributed by atoms with Crippen LogP contribution in [0.25, 0.3) is 0 Å². The summed E-state index contributed by atoms with van der Waals surface area (Å²) in [7, 11) is 1.78. The minimum atomic E-state index is 0.704. The molecule has 1 heterocycles. The number of hydrogen-bond acceptors (Lipinski definition) is 4. The topological polar surface area (TPSA) is 52.1 Å². The molecule has 0 bridgehead atoms. The SMILES string of the molecule is CCNC(=NCc1ccc(CN2CCCC2)cc1)NCCN(CCOC)C1CC1. The van der Waals surface area contributed by atoms with Gasteiger partial charge in [0.1, 0.15) is 0 Å². The number of ether oxygens (including phenoxy) is 1. The molecule has 0 aromatic heterocycles. The highest BCUT2D eigenvalue weighted by Crippen LogP contribution is 2.25. The molecule has 2 N–H and O–H groups in total. The molecule has 0 spiro atoms.